The van der Waals surface area contributed by atoms with Gasteiger partial charge >= 0.3 is 0 Å². The molecule has 2 aromatic rings. The number of carbonyl (C=O) groups is 2. The van der Waals surface area contributed by atoms with Crippen molar-refractivity contribution in [2.45, 2.75) is 18.6 Å². The van der Waals surface area contributed by atoms with Gasteiger partial charge in [-0.15, -0.1) is 0 Å². The Labute approximate surface area is 191 Å². The van der Waals surface area contributed by atoms with Gasteiger partial charge in [0.2, 0.25) is 5.91 Å². The van der Waals surface area contributed by atoms with Crippen LogP contribution < -0.4 is 10.3 Å². The molecule has 0 bridgehead atoms. The lowest BCUT2D eigenvalue weighted by molar-refractivity contribution is -0.123. The first kappa shape index (κ1) is 22.1. The Morgan fingerprint density at radius 3 is 2.62 bits per heavy atom. The Bertz CT molecular complexity index is 1070. The third kappa shape index (κ3) is 4.86. The summed E-state index contributed by atoms with van der Waals surface area (Å²) in [6, 6.07) is 19.2. The number of nitrogens with one attached hydrogen (secondary N) is 1. The van der Waals surface area contributed by atoms with E-state index in [0.29, 0.717) is 43.4 Å². The first-order valence-electron chi connectivity index (χ1n) is 10.5. The number of nitriles is 1. The van der Waals surface area contributed by atoms with Crippen LogP contribution in [0.2, 0.25) is 0 Å². The summed E-state index contributed by atoms with van der Waals surface area (Å²) < 4.78 is 5.31. The molecule has 164 valence electrons. The molecular formula is C24H24N4O3S. The van der Waals surface area contributed by atoms with Gasteiger partial charge in [-0.3, -0.25) is 19.9 Å². The second kappa shape index (κ2) is 10.0. The fourth-order valence-electron chi connectivity index (χ4n) is 3.73. The number of morpholine rings is 1. The van der Waals surface area contributed by atoms with Crippen molar-refractivity contribution >= 4 is 29.3 Å². The molecule has 0 spiro atoms. The zero-order valence-corrected chi connectivity index (χ0v) is 18.6. The van der Waals surface area contributed by atoms with Crippen molar-refractivity contribution in [2.75, 3.05) is 31.2 Å². The fourth-order valence-corrected chi connectivity index (χ4v) is 5.04. The average Bonchev–Trinajstić information content (AvgIpc) is 3.11. The topological polar surface area (TPSA) is 85.7 Å². The maximum Gasteiger partial charge on any atom is 0.278 e. The van der Waals surface area contributed by atoms with Gasteiger partial charge in [0, 0.05) is 18.8 Å². The van der Waals surface area contributed by atoms with Gasteiger partial charge in [0.05, 0.1) is 18.5 Å². The SMILES string of the molecule is Cc1cccc(CC2SC(=C(C#N)C(=O)NN3CCOCC3)N(c3ccccc3)C2=O)c1. The molecule has 0 aromatic heterocycles. The lowest BCUT2D eigenvalue weighted by Gasteiger charge is -2.27. The number of carbonyl (C=O) groups excluding carboxylic acids is 2. The van der Waals surface area contributed by atoms with Crippen LogP contribution in [0.1, 0.15) is 11.1 Å². The molecule has 2 aliphatic rings. The number of thioether (sulfide) groups is 1. The predicted molar refractivity (Wildman–Crippen MR) is 123 cm³/mol. The number of hydrogen-bond acceptors (Lipinski definition) is 6. The fraction of sp³-hybridized carbons (Fsp3) is 0.292. The lowest BCUT2D eigenvalue weighted by Crippen LogP contribution is -2.49. The van der Waals surface area contributed by atoms with E-state index in [2.05, 4.69) is 11.5 Å². The van der Waals surface area contributed by atoms with Gasteiger partial charge in [0.25, 0.3) is 5.91 Å². The standard InChI is InChI=1S/C24H24N4O3S/c1-17-6-5-7-18(14-17)15-21-23(30)28(19-8-3-2-4-9-19)24(32-21)20(16-25)22(29)26-27-10-12-31-13-11-27/h2-9,14,21H,10-13,15H2,1H3,(H,26,29). The molecule has 32 heavy (non-hydrogen) atoms. The molecule has 2 aliphatic heterocycles. The predicted octanol–water partition coefficient (Wildman–Crippen LogP) is 2.78. The van der Waals surface area contributed by atoms with Crippen molar-refractivity contribution in [1.82, 2.24) is 10.4 Å². The van der Waals surface area contributed by atoms with Crippen LogP contribution in [0.25, 0.3) is 0 Å². The first-order chi connectivity index (χ1) is 15.6. The number of hydrogen-bond donors (Lipinski definition) is 1. The minimum Gasteiger partial charge on any atom is -0.379 e. The van der Waals surface area contributed by atoms with Crippen LogP contribution in [0.3, 0.4) is 0 Å². The highest BCUT2D eigenvalue weighted by Crippen LogP contribution is 2.41. The number of anilines is 1. The Balaban J connectivity index is 1.67. The van der Waals surface area contributed by atoms with E-state index in [4.69, 9.17) is 4.74 Å². The molecule has 2 fully saturated rings. The normalized spacial score (nSPS) is 20.7. The van der Waals surface area contributed by atoms with Crippen molar-refractivity contribution in [2.24, 2.45) is 0 Å². The second-order valence-corrected chi connectivity index (χ2v) is 8.83. The zero-order chi connectivity index (χ0) is 22.5. The van der Waals surface area contributed by atoms with Gasteiger partial charge in [-0.05, 0) is 31.0 Å². The van der Waals surface area contributed by atoms with Gasteiger partial charge in [0.15, 0.2) is 0 Å². The van der Waals surface area contributed by atoms with E-state index in [1.807, 2.05) is 61.5 Å². The van der Waals surface area contributed by atoms with Crippen molar-refractivity contribution in [3.05, 3.63) is 76.3 Å². The summed E-state index contributed by atoms with van der Waals surface area (Å²) in [5.41, 5.74) is 5.53. The molecule has 2 aromatic carbocycles. The van der Waals surface area contributed by atoms with Crippen LogP contribution in [-0.4, -0.2) is 48.4 Å². The average molecular weight is 449 g/mol. The summed E-state index contributed by atoms with van der Waals surface area (Å²) in [5.74, 6) is -0.647. The van der Waals surface area contributed by atoms with Crippen molar-refractivity contribution in [1.29, 1.82) is 5.26 Å². The van der Waals surface area contributed by atoms with E-state index >= 15 is 0 Å². The number of para-hydroxylation sites is 1. The van der Waals surface area contributed by atoms with E-state index in [1.165, 1.54) is 16.7 Å². The minimum absolute atomic E-state index is 0.0644. The number of aryl methyl sites for hydroxylation is 1. The molecule has 1 N–H and O–H groups in total. The quantitative estimate of drug-likeness (QED) is 0.559. The molecule has 2 amide bonds. The maximum atomic E-state index is 13.4. The van der Waals surface area contributed by atoms with Gasteiger partial charge in [-0.2, -0.15) is 5.26 Å². The van der Waals surface area contributed by atoms with Crippen LogP contribution in [0.15, 0.2) is 65.2 Å². The molecule has 0 radical (unpaired) electrons. The Morgan fingerprint density at radius 2 is 1.94 bits per heavy atom. The smallest absolute Gasteiger partial charge is 0.278 e. The van der Waals surface area contributed by atoms with Crippen molar-refractivity contribution < 1.29 is 14.3 Å². The highest BCUT2D eigenvalue weighted by molar-refractivity contribution is 8.05. The summed E-state index contributed by atoms with van der Waals surface area (Å²) in [4.78, 5) is 27.9. The number of ether oxygens (including phenoxy) is 1. The summed E-state index contributed by atoms with van der Waals surface area (Å²) in [5, 5.41) is 11.6. The highest BCUT2D eigenvalue weighted by atomic mass is 32.2. The maximum absolute atomic E-state index is 13.4. The molecular weight excluding hydrogens is 424 g/mol. The van der Waals surface area contributed by atoms with Gasteiger partial charge < -0.3 is 4.74 Å². The van der Waals surface area contributed by atoms with E-state index < -0.39 is 11.2 Å². The number of benzene rings is 2. The summed E-state index contributed by atoms with van der Waals surface area (Å²) in [6.45, 7) is 4.13. The Morgan fingerprint density at radius 1 is 1.19 bits per heavy atom. The number of hydrazine groups is 1. The zero-order valence-electron chi connectivity index (χ0n) is 17.8. The van der Waals surface area contributed by atoms with Crippen LogP contribution in [0, 0.1) is 18.3 Å². The van der Waals surface area contributed by atoms with Crippen molar-refractivity contribution in [3.63, 3.8) is 0 Å². The second-order valence-electron chi connectivity index (χ2n) is 7.64. The third-order valence-corrected chi connectivity index (χ3v) is 6.56. The van der Waals surface area contributed by atoms with Gasteiger partial charge in [0.1, 0.15) is 16.7 Å². The minimum atomic E-state index is -0.512. The Kier molecular flexibility index (Phi) is 6.90. The van der Waals surface area contributed by atoms with Crippen LogP contribution >= 0.6 is 11.8 Å². The molecule has 2 saturated heterocycles. The third-order valence-electron chi connectivity index (χ3n) is 5.29. The number of nitrogens with zero attached hydrogens (tertiary/aromatic N) is 3. The summed E-state index contributed by atoms with van der Waals surface area (Å²) >= 11 is 1.27. The molecule has 0 aliphatic carbocycles. The summed E-state index contributed by atoms with van der Waals surface area (Å²) in [6.07, 6.45) is 0.516. The molecule has 0 saturated carbocycles. The van der Waals surface area contributed by atoms with Crippen LogP contribution in [0.4, 0.5) is 5.69 Å². The number of amides is 2. The van der Waals surface area contributed by atoms with Gasteiger partial charge in [-0.25, -0.2) is 5.01 Å². The van der Waals surface area contributed by atoms with E-state index in [-0.39, 0.29) is 11.5 Å². The number of rotatable bonds is 5. The molecule has 2 heterocycles. The molecule has 8 heteroatoms. The van der Waals surface area contributed by atoms with Crippen molar-refractivity contribution in [3.8, 4) is 6.07 Å². The monoisotopic (exact) mass is 448 g/mol. The Hall–Kier alpha value is -3.12. The molecule has 4 rings (SSSR count). The summed E-state index contributed by atoms with van der Waals surface area (Å²) in [7, 11) is 0. The first-order valence-corrected chi connectivity index (χ1v) is 11.3. The lowest BCUT2D eigenvalue weighted by atomic mass is 10.1. The van der Waals surface area contributed by atoms with Crippen LogP contribution in [-0.2, 0) is 20.7 Å². The van der Waals surface area contributed by atoms with Crippen LogP contribution in [0.5, 0.6) is 0 Å². The van der Waals surface area contributed by atoms with E-state index in [9.17, 15) is 14.9 Å². The largest absolute Gasteiger partial charge is 0.379 e. The molecule has 1 atom stereocenters. The van der Waals surface area contributed by atoms with Gasteiger partial charge in [-0.1, -0.05) is 59.8 Å². The highest BCUT2D eigenvalue weighted by Gasteiger charge is 2.41. The molecule has 7 nitrogen and oxygen atoms in total. The van der Waals surface area contributed by atoms with E-state index in [1.54, 1.807) is 5.01 Å². The molecule has 1 unspecified atom stereocenters. The van der Waals surface area contributed by atoms with E-state index in [0.717, 1.165) is 11.1 Å².